The Hall–Kier alpha value is 0.0569. The molecule has 0 aliphatic rings. The fraction of sp³-hybridized carbons (Fsp3) is 1.00. The maximum atomic E-state index is 6.19. The van der Waals surface area contributed by atoms with Gasteiger partial charge in [-0.25, -0.2) is 0 Å². The Labute approximate surface area is 101 Å². The molecule has 0 saturated heterocycles. The quantitative estimate of drug-likeness (QED) is 0.668. The fourth-order valence-corrected chi connectivity index (χ4v) is 4.41. The largest absolute Gasteiger partial charge is 0.517 e. The Bertz CT molecular complexity index is 187. The van der Waals surface area contributed by atoms with Crippen molar-refractivity contribution in [3.8, 4) is 0 Å². The molecule has 0 aliphatic heterocycles. The molecular formula is C11H27NO3Si. The third-order valence-electron chi connectivity index (χ3n) is 3.01. The van der Waals surface area contributed by atoms with Crippen LogP contribution in [0.3, 0.4) is 0 Å². The molecule has 1 atom stereocenters. The Kier molecular flexibility index (Phi) is 6.73. The van der Waals surface area contributed by atoms with Gasteiger partial charge in [0.05, 0.1) is 5.67 Å². The molecule has 5 heteroatoms. The second-order valence-electron chi connectivity index (χ2n) is 4.94. The molecule has 0 aromatic carbocycles. The van der Waals surface area contributed by atoms with Crippen molar-refractivity contribution in [2.45, 2.75) is 45.7 Å². The predicted molar refractivity (Wildman–Crippen MR) is 68.1 cm³/mol. The van der Waals surface area contributed by atoms with E-state index in [-0.39, 0.29) is 11.1 Å². The minimum absolute atomic E-state index is 0.172. The Morgan fingerprint density at radius 1 is 1.12 bits per heavy atom. The van der Waals surface area contributed by atoms with Crippen LogP contribution in [0, 0.1) is 5.41 Å². The predicted octanol–water partition coefficient (Wildman–Crippen LogP) is 1.95. The van der Waals surface area contributed by atoms with Gasteiger partial charge in [-0.1, -0.05) is 27.2 Å². The highest BCUT2D eigenvalue weighted by Gasteiger charge is 2.47. The van der Waals surface area contributed by atoms with Gasteiger partial charge >= 0.3 is 8.80 Å². The molecule has 1 unspecified atom stereocenters. The summed E-state index contributed by atoms with van der Waals surface area (Å²) in [4.78, 5) is 0. The van der Waals surface area contributed by atoms with Gasteiger partial charge in [0, 0.05) is 21.3 Å². The van der Waals surface area contributed by atoms with E-state index in [9.17, 15) is 0 Å². The van der Waals surface area contributed by atoms with E-state index >= 15 is 0 Å². The molecule has 0 bridgehead atoms. The highest BCUT2D eigenvalue weighted by molar-refractivity contribution is 6.62. The van der Waals surface area contributed by atoms with Gasteiger partial charge < -0.3 is 19.0 Å². The zero-order valence-corrected chi connectivity index (χ0v) is 12.5. The van der Waals surface area contributed by atoms with Crippen molar-refractivity contribution < 1.29 is 13.3 Å². The molecule has 0 rings (SSSR count). The van der Waals surface area contributed by atoms with E-state index in [2.05, 4.69) is 20.8 Å². The van der Waals surface area contributed by atoms with Crippen LogP contribution >= 0.6 is 0 Å². The summed E-state index contributed by atoms with van der Waals surface area (Å²) in [5, 5.41) is 0. The van der Waals surface area contributed by atoms with Gasteiger partial charge in [0.2, 0.25) is 0 Å². The van der Waals surface area contributed by atoms with Crippen LogP contribution in [0.5, 0.6) is 0 Å². The number of nitrogens with two attached hydrogens (primary N) is 1. The summed E-state index contributed by atoms with van der Waals surface area (Å²) in [5.41, 5.74) is 6.21. The summed E-state index contributed by atoms with van der Waals surface area (Å²) >= 11 is 0. The van der Waals surface area contributed by atoms with Crippen molar-refractivity contribution in [1.82, 2.24) is 0 Å². The van der Waals surface area contributed by atoms with Gasteiger partial charge in [0.25, 0.3) is 0 Å². The SMILES string of the molecule is CCCC(C)(C)CC(N)[Si](OC)(OC)OC. The molecule has 0 aromatic rings. The van der Waals surface area contributed by atoms with E-state index in [1.807, 2.05) is 0 Å². The van der Waals surface area contributed by atoms with E-state index < -0.39 is 8.80 Å². The molecular weight excluding hydrogens is 222 g/mol. The lowest BCUT2D eigenvalue weighted by atomic mass is 9.84. The summed E-state index contributed by atoms with van der Waals surface area (Å²) in [6, 6.07) is 0. The minimum Gasteiger partial charge on any atom is -0.376 e. The minimum atomic E-state index is -2.68. The summed E-state index contributed by atoms with van der Waals surface area (Å²) in [5.74, 6) is 0. The molecule has 16 heavy (non-hydrogen) atoms. The number of hydrogen-bond donors (Lipinski definition) is 1. The standard InChI is InChI=1S/C11H27NO3Si/c1-7-8-11(2,3)9-10(12)16(13-4,14-5)15-6/h10H,7-9,12H2,1-6H3. The maximum Gasteiger partial charge on any atom is 0.517 e. The van der Waals surface area contributed by atoms with Crippen molar-refractivity contribution in [2.24, 2.45) is 11.1 Å². The third-order valence-corrected chi connectivity index (χ3v) is 5.83. The summed E-state index contributed by atoms with van der Waals surface area (Å²) in [7, 11) is 2.13. The fourth-order valence-electron chi connectivity index (χ4n) is 2.20. The molecule has 0 radical (unpaired) electrons. The Morgan fingerprint density at radius 2 is 1.56 bits per heavy atom. The average Bonchev–Trinajstić information content (AvgIpc) is 2.20. The number of rotatable bonds is 8. The third kappa shape index (κ3) is 4.14. The van der Waals surface area contributed by atoms with Crippen molar-refractivity contribution in [3.63, 3.8) is 0 Å². The van der Waals surface area contributed by atoms with Crippen LogP contribution in [0.25, 0.3) is 0 Å². The summed E-state index contributed by atoms with van der Waals surface area (Å²) < 4.78 is 16.2. The topological polar surface area (TPSA) is 53.7 Å². The highest BCUT2D eigenvalue weighted by Crippen LogP contribution is 2.30. The molecule has 2 N–H and O–H groups in total. The van der Waals surface area contributed by atoms with Gasteiger partial charge in [-0.15, -0.1) is 0 Å². The van der Waals surface area contributed by atoms with Crippen molar-refractivity contribution in [3.05, 3.63) is 0 Å². The molecule has 98 valence electrons. The highest BCUT2D eigenvalue weighted by atomic mass is 28.4. The Morgan fingerprint density at radius 3 is 1.88 bits per heavy atom. The van der Waals surface area contributed by atoms with E-state index in [4.69, 9.17) is 19.0 Å². The zero-order chi connectivity index (χ0) is 12.8. The van der Waals surface area contributed by atoms with Crippen LogP contribution < -0.4 is 5.73 Å². The van der Waals surface area contributed by atoms with E-state index in [0.29, 0.717) is 0 Å². The average molecular weight is 249 g/mol. The molecule has 0 heterocycles. The zero-order valence-electron chi connectivity index (χ0n) is 11.5. The van der Waals surface area contributed by atoms with Crippen molar-refractivity contribution in [1.29, 1.82) is 0 Å². The number of hydrogen-bond acceptors (Lipinski definition) is 4. The molecule has 0 aliphatic carbocycles. The summed E-state index contributed by atoms with van der Waals surface area (Å²) in [6.45, 7) is 6.62. The van der Waals surface area contributed by atoms with Crippen LogP contribution in [-0.2, 0) is 13.3 Å². The first-order chi connectivity index (χ1) is 7.37. The van der Waals surface area contributed by atoms with E-state index in [1.54, 1.807) is 21.3 Å². The second kappa shape index (κ2) is 6.71. The van der Waals surface area contributed by atoms with E-state index in [0.717, 1.165) is 19.3 Å². The van der Waals surface area contributed by atoms with Gasteiger partial charge in [-0.05, 0) is 18.3 Å². The first-order valence-corrected chi connectivity index (χ1v) is 7.58. The van der Waals surface area contributed by atoms with Crippen LogP contribution in [0.2, 0.25) is 0 Å². The van der Waals surface area contributed by atoms with Crippen LogP contribution in [0.15, 0.2) is 0 Å². The smallest absolute Gasteiger partial charge is 0.376 e. The van der Waals surface area contributed by atoms with Crippen LogP contribution in [-0.4, -0.2) is 35.8 Å². The molecule has 0 amide bonds. The van der Waals surface area contributed by atoms with Gasteiger partial charge in [0.1, 0.15) is 0 Å². The first kappa shape index (κ1) is 16.1. The van der Waals surface area contributed by atoms with Gasteiger partial charge in [0.15, 0.2) is 0 Å². The maximum absolute atomic E-state index is 6.19. The molecule has 0 fully saturated rings. The molecule has 0 aromatic heterocycles. The second-order valence-corrected chi connectivity index (χ2v) is 8.11. The van der Waals surface area contributed by atoms with Gasteiger partial charge in [-0.2, -0.15) is 0 Å². The summed E-state index contributed by atoms with van der Waals surface area (Å²) in [6.07, 6.45) is 3.14. The lowest BCUT2D eigenvalue weighted by Crippen LogP contribution is -2.59. The van der Waals surface area contributed by atoms with Crippen molar-refractivity contribution in [2.75, 3.05) is 21.3 Å². The molecule has 0 saturated carbocycles. The van der Waals surface area contributed by atoms with Crippen molar-refractivity contribution >= 4 is 8.80 Å². The lowest BCUT2D eigenvalue weighted by Gasteiger charge is -2.35. The van der Waals surface area contributed by atoms with Crippen LogP contribution in [0.1, 0.15) is 40.0 Å². The normalized spacial score (nSPS) is 15.2. The van der Waals surface area contributed by atoms with Crippen LogP contribution in [0.4, 0.5) is 0 Å². The molecule has 0 spiro atoms. The lowest BCUT2D eigenvalue weighted by molar-refractivity contribution is 0.103. The van der Waals surface area contributed by atoms with Gasteiger partial charge in [-0.3, -0.25) is 0 Å². The first-order valence-electron chi connectivity index (χ1n) is 5.78. The van der Waals surface area contributed by atoms with E-state index in [1.165, 1.54) is 0 Å². The molecule has 4 nitrogen and oxygen atoms in total. The monoisotopic (exact) mass is 249 g/mol. The Balaban J connectivity index is 4.58.